The van der Waals surface area contributed by atoms with Crippen LogP contribution in [0.2, 0.25) is 0 Å². The highest BCUT2D eigenvalue weighted by molar-refractivity contribution is 5.59. The third kappa shape index (κ3) is 1.87. The molecule has 0 unspecified atom stereocenters. The Morgan fingerprint density at radius 1 is 1.69 bits per heavy atom. The lowest BCUT2D eigenvalue weighted by Gasteiger charge is -1.99. The fourth-order valence-electron chi connectivity index (χ4n) is 1.12. The van der Waals surface area contributed by atoms with Gasteiger partial charge in [0.1, 0.15) is 12.0 Å². The Kier molecular flexibility index (Phi) is 2.69. The molecule has 5 nitrogen and oxygen atoms in total. The van der Waals surface area contributed by atoms with E-state index in [1.165, 1.54) is 12.3 Å². The lowest BCUT2D eigenvalue weighted by molar-refractivity contribution is -0.386. The quantitative estimate of drug-likeness (QED) is 0.395. The van der Waals surface area contributed by atoms with Crippen molar-refractivity contribution in [3.05, 3.63) is 33.6 Å². The molecule has 0 bridgehead atoms. The Bertz CT molecular complexity index is 349. The number of aldehydes is 1. The summed E-state index contributed by atoms with van der Waals surface area (Å²) in [5, 5.41) is 10.6. The number of nitro groups is 1. The number of aryl methyl sites for hydroxylation is 1. The van der Waals surface area contributed by atoms with Crippen LogP contribution in [0.3, 0.4) is 0 Å². The van der Waals surface area contributed by atoms with Crippen molar-refractivity contribution in [3.63, 3.8) is 0 Å². The molecule has 68 valence electrons. The van der Waals surface area contributed by atoms with Crippen LogP contribution in [0.4, 0.5) is 5.69 Å². The van der Waals surface area contributed by atoms with Crippen LogP contribution in [0.5, 0.6) is 0 Å². The SMILES string of the molecule is Cc1nccc(CC=O)c1[N+](=O)[O-]. The molecule has 0 N–H and O–H groups in total. The number of nitrogens with zero attached hydrogens (tertiary/aromatic N) is 2. The fourth-order valence-corrected chi connectivity index (χ4v) is 1.12. The standard InChI is InChI=1S/C8H8N2O3/c1-6-8(10(12)13)7(3-5-11)2-4-9-6/h2,4-5H,3H2,1H3. The van der Waals surface area contributed by atoms with E-state index in [9.17, 15) is 14.9 Å². The molecular weight excluding hydrogens is 172 g/mol. The van der Waals surface area contributed by atoms with Crippen molar-refractivity contribution in [1.29, 1.82) is 0 Å². The number of carbonyl (C=O) groups excluding carboxylic acids is 1. The van der Waals surface area contributed by atoms with Gasteiger partial charge in [-0.05, 0) is 13.0 Å². The first-order chi connectivity index (χ1) is 6.16. The molecule has 0 atom stereocenters. The van der Waals surface area contributed by atoms with Crippen LogP contribution in [0, 0.1) is 17.0 Å². The topological polar surface area (TPSA) is 73.1 Å². The number of hydrogen-bond donors (Lipinski definition) is 0. The molecule has 1 aromatic heterocycles. The maximum Gasteiger partial charge on any atom is 0.294 e. The van der Waals surface area contributed by atoms with E-state index in [0.29, 0.717) is 17.5 Å². The second-order valence-electron chi connectivity index (χ2n) is 2.53. The van der Waals surface area contributed by atoms with Crippen molar-refractivity contribution in [3.8, 4) is 0 Å². The summed E-state index contributed by atoms with van der Waals surface area (Å²) in [7, 11) is 0. The van der Waals surface area contributed by atoms with Gasteiger partial charge in [0.25, 0.3) is 5.69 Å². The molecule has 5 heteroatoms. The van der Waals surface area contributed by atoms with Gasteiger partial charge in [-0.1, -0.05) is 0 Å². The van der Waals surface area contributed by atoms with Crippen molar-refractivity contribution >= 4 is 12.0 Å². The van der Waals surface area contributed by atoms with Gasteiger partial charge in [-0.15, -0.1) is 0 Å². The van der Waals surface area contributed by atoms with Gasteiger partial charge < -0.3 is 4.79 Å². The molecule has 0 amide bonds. The first kappa shape index (κ1) is 9.31. The molecule has 0 saturated heterocycles. The summed E-state index contributed by atoms with van der Waals surface area (Å²) in [4.78, 5) is 24.1. The Morgan fingerprint density at radius 3 is 2.92 bits per heavy atom. The predicted octanol–water partition coefficient (Wildman–Crippen LogP) is 1.04. The van der Waals surface area contributed by atoms with E-state index >= 15 is 0 Å². The molecule has 1 heterocycles. The molecular formula is C8H8N2O3. The van der Waals surface area contributed by atoms with Crippen LogP contribution < -0.4 is 0 Å². The molecule has 0 saturated carbocycles. The zero-order valence-electron chi connectivity index (χ0n) is 7.06. The Hall–Kier alpha value is -1.78. The summed E-state index contributed by atoms with van der Waals surface area (Å²) >= 11 is 0. The molecule has 1 aromatic rings. The smallest absolute Gasteiger partial charge is 0.294 e. The van der Waals surface area contributed by atoms with Crippen molar-refractivity contribution < 1.29 is 9.72 Å². The first-order valence-corrected chi connectivity index (χ1v) is 3.69. The third-order valence-electron chi connectivity index (χ3n) is 1.68. The summed E-state index contributed by atoms with van der Waals surface area (Å²) in [5.41, 5.74) is 0.687. The van der Waals surface area contributed by atoms with E-state index < -0.39 is 4.92 Å². The minimum Gasteiger partial charge on any atom is -0.303 e. The van der Waals surface area contributed by atoms with Gasteiger partial charge in [-0.25, -0.2) is 0 Å². The normalized spacial score (nSPS) is 9.62. The Labute approximate surface area is 74.6 Å². The highest BCUT2D eigenvalue weighted by atomic mass is 16.6. The van der Waals surface area contributed by atoms with E-state index in [4.69, 9.17) is 0 Å². The van der Waals surface area contributed by atoms with Gasteiger partial charge in [-0.3, -0.25) is 15.1 Å². The second kappa shape index (κ2) is 3.75. The van der Waals surface area contributed by atoms with Gasteiger partial charge in [0.15, 0.2) is 0 Å². The van der Waals surface area contributed by atoms with E-state index in [1.54, 1.807) is 6.92 Å². The molecule has 0 aromatic carbocycles. The summed E-state index contributed by atoms with van der Waals surface area (Å²) in [6.07, 6.45) is 2.16. The van der Waals surface area contributed by atoms with Crippen LogP contribution in [0.25, 0.3) is 0 Å². The Balaban J connectivity index is 3.25. The summed E-state index contributed by atoms with van der Waals surface area (Å²) in [5.74, 6) is 0. The summed E-state index contributed by atoms with van der Waals surface area (Å²) in [6, 6.07) is 1.49. The van der Waals surface area contributed by atoms with E-state index in [0.717, 1.165) is 0 Å². The number of pyridine rings is 1. The van der Waals surface area contributed by atoms with Crippen molar-refractivity contribution in [2.24, 2.45) is 0 Å². The van der Waals surface area contributed by atoms with Crippen LogP contribution in [0.15, 0.2) is 12.3 Å². The number of rotatable bonds is 3. The average molecular weight is 180 g/mol. The third-order valence-corrected chi connectivity index (χ3v) is 1.68. The van der Waals surface area contributed by atoms with Crippen LogP contribution in [-0.2, 0) is 11.2 Å². The van der Waals surface area contributed by atoms with Crippen LogP contribution >= 0.6 is 0 Å². The highest BCUT2D eigenvalue weighted by Crippen LogP contribution is 2.20. The van der Waals surface area contributed by atoms with Gasteiger partial charge in [0, 0.05) is 18.2 Å². The van der Waals surface area contributed by atoms with Gasteiger partial charge in [0.2, 0.25) is 0 Å². The number of carbonyl (C=O) groups is 1. The highest BCUT2D eigenvalue weighted by Gasteiger charge is 2.16. The molecule has 1 rings (SSSR count). The maximum atomic E-state index is 10.6. The number of hydrogen-bond acceptors (Lipinski definition) is 4. The van der Waals surface area contributed by atoms with E-state index in [1.807, 2.05) is 0 Å². The fraction of sp³-hybridized carbons (Fsp3) is 0.250. The molecule has 0 aliphatic carbocycles. The van der Waals surface area contributed by atoms with Gasteiger partial charge in [0.05, 0.1) is 4.92 Å². The van der Waals surface area contributed by atoms with Gasteiger partial charge in [-0.2, -0.15) is 0 Å². The van der Waals surface area contributed by atoms with Crippen molar-refractivity contribution in [2.75, 3.05) is 0 Å². The lowest BCUT2D eigenvalue weighted by Crippen LogP contribution is -2.00. The van der Waals surface area contributed by atoms with E-state index in [-0.39, 0.29) is 12.1 Å². The average Bonchev–Trinajstić information content (AvgIpc) is 2.04. The molecule has 0 aliphatic rings. The minimum absolute atomic E-state index is 0.0552. The largest absolute Gasteiger partial charge is 0.303 e. The second-order valence-corrected chi connectivity index (χ2v) is 2.53. The number of aromatic nitrogens is 1. The van der Waals surface area contributed by atoms with E-state index in [2.05, 4.69) is 4.98 Å². The summed E-state index contributed by atoms with van der Waals surface area (Å²) in [6.45, 7) is 1.55. The van der Waals surface area contributed by atoms with Gasteiger partial charge >= 0.3 is 0 Å². The maximum absolute atomic E-state index is 10.6. The van der Waals surface area contributed by atoms with Crippen LogP contribution in [-0.4, -0.2) is 16.2 Å². The first-order valence-electron chi connectivity index (χ1n) is 3.69. The zero-order chi connectivity index (χ0) is 9.84. The predicted molar refractivity (Wildman–Crippen MR) is 45.4 cm³/mol. The molecule has 0 spiro atoms. The molecule has 0 radical (unpaired) electrons. The molecule has 13 heavy (non-hydrogen) atoms. The molecule has 0 aliphatic heterocycles. The Morgan fingerprint density at radius 2 is 2.38 bits per heavy atom. The monoisotopic (exact) mass is 180 g/mol. The van der Waals surface area contributed by atoms with Crippen molar-refractivity contribution in [2.45, 2.75) is 13.3 Å². The van der Waals surface area contributed by atoms with Crippen LogP contribution in [0.1, 0.15) is 11.3 Å². The summed E-state index contributed by atoms with van der Waals surface area (Å²) < 4.78 is 0. The molecule has 0 fully saturated rings. The van der Waals surface area contributed by atoms with Crippen molar-refractivity contribution in [1.82, 2.24) is 4.98 Å². The zero-order valence-corrected chi connectivity index (χ0v) is 7.06. The minimum atomic E-state index is -0.513. The lowest BCUT2D eigenvalue weighted by atomic mass is 10.1.